The minimum absolute atomic E-state index is 0. The van der Waals surface area contributed by atoms with Crippen molar-refractivity contribution in [1.82, 2.24) is 0 Å². The third-order valence-corrected chi connectivity index (χ3v) is 0. The molecule has 0 aliphatic carbocycles. The van der Waals surface area contributed by atoms with Crippen molar-refractivity contribution in [3.8, 4) is 0 Å². The first-order valence-corrected chi connectivity index (χ1v) is 0. The third-order valence-electron chi connectivity index (χ3n) is 0. The second-order valence-electron chi connectivity index (χ2n) is 0. The summed E-state index contributed by atoms with van der Waals surface area (Å²) in [5, 5.41) is 0. The van der Waals surface area contributed by atoms with E-state index in [9.17, 15) is 0 Å². The number of rotatable bonds is 0. The van der Waals surface area contributed by atoms with Gasteiger partial charge in [-0.15, -0.1) is 0 Å². The first-order chi connectivity index (χ1) is 0. The van der Waals surface area contributed by atoms with Crippen LogP contribution in [0.5, 0.6) is 0 Å². The molecule has 0 aliphatic rings. The maximum absolute atomic E-state index is 0. The Kier molecular flexibility index (Phi) is 432. The normalized spacial score (nSPS) is 0. The van der Waals surface area contributed by atoms with Crippen molar-refractivity contribution < 1.29 is 34.1 Å². The molecule has 4 heavy (non-hydrogen) atoms. The van der Waals surface area contributed by atoms with Crippen molar-refractivity contribution >= 4 is 11.0 Å². The van der Waals surface area contributed by atoms with Crippen molar-refractivity contribution in [3.63, 3.8) is 0 Å². The van der Waals surface area contributed by atoms with Crippen LogP contribution in [0.15, 0.2) is 0 Å². The van der Waals surface area contributed by atoms with Crippen LogP contribution in [0.4, 0.5) is 0 Å². The molecule has 0 aromatic rings. The van der Waals surface area contributed by atoms with Crippen LogP contribution in [0.25, 0.3) is 0 Å². The second-order valence-corrected chi connectivity index (χ2v) is 0. The molecule has 0 spiro atoms. The standard InChI is InChI=1S/CH4.Fe.Mn.H4Si/h1H4;;;1H4. The zero-order valence-corrected chi connectivity index (χ0v) is 3.02. The van der Waals surface area contributed by atoms with Gasteiger partial charge in [-0.25, -0.2) is 0 Å². The van der Waals surface area contributed by atoms with Gasteiger partial charge in [0.1, 0.15) is 0 Å². The van der Waals surface area contributed by atoms with Crippen LogP contribution in [-0.2, 0) is 34.1 Å². The predicted octanol–water partition coefficient (Wildman–Crippen LogP) is -0.821. The summed E-state index contributed by atoms with van der Waals surface area (Å²) in [6, 6.07) is 0. The van der Waals surface area contributed by atoms with Gasteiger partial charge in [-0.05, 0) is 11.0 Å². The van der Waals surface area contributed by atoms with Gasteiger partial charge in [0.05, 0.1) is 0 Å². The quantitative estimate of drug-likeness (QED) is 0.405. The first kappa shape index (κ1) is 60.4. The van der Waals surface area contributed by atoms with E-state index < -0.39 is 0 Å². The Morgan fingerprint density at radius 1 is 1.00 bits per heavy atom. The number of hydrogen-bond donors (Lipinski definition) is 0. The Hall–Kier alpha value is 1.26. The van der Waals surface area contributed by atoms with Crippen LogP contribution in [0.2, 0.25) is 0 Å². The average molecular weight is 159 g/mol. The van der Waals surface area contributed by atoms with Gasteiger partial charge in [0.15, 0.2) is 0 Å². The molecule has 3 heteroatoms. The molecule has 0 unspecified atom stereocenters. The molecule has 31 valence electrons. The van der Waals surface area contributed by atoms with Gasteiger partial charge in [-0.3, -0.25) is 0 Å². The fourth-order valence-corrected chi connectivity index (χ4v) is 0. The molecule has 0 aliphatic heterocycles. The SMILES string of the molecule is C.[Fe].[Mn].[SiH4]. The summed E-state index contributed by atoms with van der Waals surface area (Å²) in [6.07, 6.45) is 0. The topological polar surface area (TPSA) is 0 Å². The zero-order valence-electron chi connectivity index (χ0n) is 0.732. The Morgan fingerprint density at radius 3 is 1.00 bits per heavy atom. The summed E-state index contributed by atoms with van der Waals surface area (Å²) in [5.74, 6) is 0. The van der Waals surface area contributed by atoms with E-state index in [1.165, 1.54) is 0 Å². The van der Waals surface area contributed by atoms with Crippen LogP contribution in [0, 0.1) is 0 Å². The largest absolute Gasteiger partial charge is 0.0776 e. The van der Waals surface area contributed by atoms with Crippen molar-refractivity contribution in [3.05, 3.63) is 0 Å². The maximum Gasteiger partial charge on any atom is 0 e. The molecule has 0 aromatic heterocycles. The fraction of sp³-hybridized carbons (Fsp3) is 1.00. The minimum Gasteiger partial charge on any atom is -0.0776 e. The summed E-state index contributed by atoms with van der Waals surface area (Å²) in [5.41, 5.74) is 0. The van der Waals surface area contributed by atoms with E-state index in [-0.39, 0.29) is 52.5 Å². The average Bonchev–Trinajstić information content (AvgIpc) is 0. The number of hydrogen-bond acceptors (Lipinski definition) is 0. The van der Waals surface area contributed by atoms with Crippen LogP contribution in [0.3, 0.4) is 0 Å². The monoisotopic (exact) mass is 159 g/mol. The van der Waals surface area contributed by atoms with E-state index in [4.69, 9.17) is 0 Å². The second kappa shape index (κ2) is 28.6. The first-order valence-electron chi connectivity index (χ1n) is 0. The molecule has 0 rings (SSSR count). The van der Waals surface area contributed by atoms with Crippen molar-refractivity contribution in [2.24, 2.45) is 0 Å². The van der Waals surface area contributed by atoms with E-state index >= 15 is 0 Å². The van der Waals surface area contributed by atoms with E-state index in [1.54, 1.807) is 0 Å². The van der Waals surface area contributed by atoms with Gasteiger partial charge in [-0.1, -0.05) is 7.43 Å². The van der Waals surface area contributed by atoms with Crippen molar-refractivity contribution in [1.29, 1.82) is 0 Å². The van der Waals surface area contributed by atoms with Crippen LogP contribution in [-0.4, -0.2) is 11.0 Å². The van der Waals surface area contributed by atoms with Crippen LogP contribution >= 0.6 is 0 Å². The summed E-state index contributed by atoms with van der Waals surface area (Å²) >= 11 is 0. The van der Waals surface area contributed by atoms with E-state index in [2.05, 4.69) is 0 Å². The summed E-state index contributed by atoms with van der Waals surface area (Å²) < 4.78 is 0. The molecule has 0 aromatic carbocycles. The van der Waals surface area contributed by atoms with Crippen LogP contribution in [0.1, 0.15) is 7.43 Å². The zero-order chi connectivity index (χ0) is 0. The Balaban J connectivity index is 0. The van der Waals surface area contributed by atoms with Crippen LogP contribution < -0.4 is 0 Å². The Labute approximate surface area is 52.7 Å². The summed E-state index contributed by atoms with van der Waals surface area (Å²) in [4.78, 5) is 0. The van der Waals surface area contributed by atoms with Gasteiger partial charge in [0.2, 0.25) is 0 Å². The minimum atomic E-state index is 0. The van der Waals surface area contributed by atoms with Gasteiger partial charge < -0.3 is 0 Å². The molecule has 0 fully saturated rings. The van der Waals surface area contributed by atoms with Crippen molar-refractivity contribution in [2.45, 2.75) is 7.43 Å². The summed E-state index contributed by atoms with van der Waals surface area (Å²) in [7, 11) is 0. The maximum atomic E-state index is 0. The smallest absolute Gasteiger partial charge is 0 e. The van der Waals surface area contributed by atoms with E-state index in [0.717, 1.165) is 0 Å². The predicted molar refractivity (Wildman–Crippen MR) is 18.1 cm³/mol. The van der Waals surface area contributed by atoms with E-state index in [0.29, 0.717) is 0 Å². The third kappa shape index (κ3) is 10.5. The van der Waals surface area contributed by atoms with Gasteiger partial charge in [-0.2, -0.15) is 0 Å². The molecule has 0 heterocycles. The molecule has 0 amide bonds. The molecule has 0 nitrogen and oxygen atoms in total. The molecular formula is CH8FeMnSi. The van der Waals surface area contributed by atoms with Gasteiger partial charge >= 0.3 is 0 Å². The fourth-order valence-electron chi connectivity index (χ4n) is 0. The molecule has 0 bridgehead atoms. The Bertz CT molecular complexity index is 8.00. The summed E-state index contributed by atoms with van der Waals surface area (Å²) in [6.45, 7) is 0. The van der Waals surface area contributed by atoms with Gasteiger partial charge in [0, 0.05) is 34.1 Å². The molecule has 1 radical (unpaired) electrons. The molecule has 0 atom stereocenters. The van der Waals surface area contributed by atoms with E-state index in [1.807, 2.05) is 0 Å². The molecule has 0 N–H and O–H groups in total. The Morgan fingerprint density at radius 2 is 1.00 bits per heavy atom. The molecule has 0 saturated carbocycles. The molecule has 0 saturated heterocycles. The van der Waals surface area contributed by atoms with Gasteiger partial charge in [0.25, 0.3) is 0 Å². The molecular weight excluding hydrogens is 151 g/mol. The van der Waals surface area contributed by atoms with Crippen molar-refractivity contribution in [2.75, 3.05) is 0 Å².